The molecule has 5 rings (SSSR count). The van der Waals surface area contributed by atoms with Crippen LogP contribution in [0.15, 0.2) is 36.4 Å². The van der Waals surface area contributed by atoms with E-state index in [0.29, 0.717) is 19.8 Å². The first-order chi connectivity index (χ1) is 17.9. The smallest absolute Gasteiger partial charge is 0.257 e. The Balaban J connectivity index is 1.19. The number of amides is 2. The van der Waals surface area contributed by atoms with E-state index in [1.807, 2.05) is 12.1 Å². The molecule has 3 N–H and O–H groups in total. The molecule has 0 spiro atoms. The number of halogens is 1. The van der Waals surface area contributed by atoms with Crippen LogP contribution in [0, 0.1) is 5.82 Å². The lowest BCUT2D eigenvalue weighted by molar-refractivity contribution is -0.00740. The molecule has 1 aliphatic carbocycles. The van der Waals surface area contributed by atoms with E-state index in [1.165, 1.54) is 17.2 Å². The summed E-state index contributed by atoms with van der Waals surface area (Å²) < 4.78 is 26.3. The van der Waals surface area contributed by atoms with Crippen LogP contribution in [0.5, 0.6) is 5.75 Å². The number of hydrogen-bond acceptors (Lipinski definition) is 6. The number of morpholine rings is 1. The Morgan fingerprint density at radius 2 is 1.78 bits per heavy atom. The first-order valence-electron chi connectivity index (χ1n) is 13.1. The summed E-state index contributed by atoms with van der Waals surface area (Å²) in [7, 11) is 0. The van der Waals surface area contributed by atoms with Gasteiger partial charge in [0.1, 0.15) is 11.6 Å². The van der Waals surface area contributed by atoms with E-state index in [4.69, 9.17) is 9.47 Å². The van der Waals surface area contributed by atoms with Crippen molar-refractivity contribution in [3.8, 4) is 5.75 Å². The Bertz CT molecular complexity index is 1120. The number of fused-ring (bicyclic) bond motifs is 3. The summed E-state index contributed by atoms with van der Waals surface area (Å²) >= 11 is 0. The van der Waals surface area contributed by atoms with Gasteiger partial charge in [-0.1, -0.05) is 24.3 Å². The number of carbonyl (C=O) groups excluding carboxylic acids is 2. The molecule has 0 saturated carbocycles. The molecule has 2 amide bonds. The van der Waals surface area contributed by atoms with Crippen LogP contribution in [0.25, 0.3) is 0 Å². The molecule has 2 aliphatic heterocycles. The van der Waals surface area contributed by atoms with Crippen LogP contribution in [0.4, 0.5) is 4.39 Å². The minimum atomic E-state index is -0.814. The maximum Gasteiger partial charge on any atom is 0.257 e. The highest BCUT2D eigenvalue weighted by molar-refractivity contribution is 6.00. The number of aliphatic hydroxyl groups excluding tert-OH is 1. The summed E-state index contributed by atoms with van der Waals surface area (Å²) in [5, 5.41) is 16.4. The summed E-state index contributed by atoms with van der Waals surface area (Å²) in [6.07, 6.45) is 2.67. The fourth-order valence-electron chi connectivity index (χ4n) is 5.65. The van der Waals surface area contributed by atoms with Gasteiger partial charge in [-0.05, 0) is 55.9 Å². The van der Waals surface area contributed by atoms with Crippen molar-refractivity contribution in [2.75, 3.05) is 32.9 Å². The number of nitrogens with one attached hydrogen (secondary N) is 2. The fraction of sp³-hybridized carbons (Fsp3) is 0.500. The maximum absolute atomic E-state index is 15.1. The molecule has 3 aliphatic rings. The van der Waals surface area contributed by atoms with Gasteiger partial charge < -0.3 is 30.1 Å². The molecule has 0 radical (unpaired) electrons. The lowest BCUT2D eigenvalue weighted by Crippen LogP contribution is -2.49. The van der Waals surface area contributed by atoms with Gasteiger partial charge in [0.25, 0.3) is 11.8 Å². The quantitative estimate of drug-likeness (QED) is 0.477. The highest BCUT2D eigenvalue weighted by Gasteiger charge is 2.41. The minimum absolute atomic E-state index is 0.00347. The van der Waals surface area contributed by atoms with Gasteiger partial charge in [0.15, 0.2) is 0 Å². The van der Waals surface area contributed by atoms with Crippen molar-refractivity contribution in [3.63, 3.8) is 0 Å². The first-order valence-corrected chi connectivity index (χ1v) is 13.1. The molecule has 8 nitrogen and oxygen atoms in total. The number of hydrogen-bond donors (Lipinski definition) is 3. The molecule has 9 heteroatoms. The van der Waals surface area contributed by atoms with Crippen molar-refractivity contribution in [2.24, 2.45) is 0 Å². The predicted molar refractivity (Wildman–Crippen MR) is 135 cm³/mol. The SMILES string of the molecule is CCOc1cc(C(=O)N2C3CCC2COC3)c(F)cc1C(=O)NC[C@@H](O)CNC1Cc2ccccc2C1. The van der Waals surface area contributed by atoms with Gasteiger partial charge in [0.2, 0.25) is 0 Å². The van der Waals surface area contributed by atoms with Crippen LogP contribution in [-0.4, -0.2) is 79.0 Å². The van der Waals surface area contributed by atoms with Crippen LogP contribution in [0.3, 0.4) is 0 Å². The van der Waals surface area contributed by atoms with Crippen LogP contribution in [0.2, 0.25) is 0 Å². The van der Waals surface area contributed by atoms with Gasteiger partial charge in [-0.2, -0.15) is 0 Å². The van der Waals surface area contributed by atoms with Gasteiger partial charge in [0.05, 0.1) is 49.1 Å². The molecule has 37 heavy (non-hydrogen) atoms. The Morgan fingerprint density at radius 1 is 1.11 bits per heavy atom. The summed E-state index contributed by atoms with van der Waals surface area (Å²) in [6.45, 7) is 3.22. The standard InChI is InChI=1S/C28H34FN3O5/c1-2-37-26-12-23(28(35)32-20-7-8-21(32)16-36-15-20)25(29)11-24(26)27(34)31-14-22(33)13-30-19-9-17-5-3-4-6-18(17)10-19/h3-6,11-12,19-22,30,33H,2,7-10,13-16H2,1H3,(H,31,34)/t20?,21?,22-/m0/s1. The third-order valence-corrected chi connectivity index (χ3v) is 7.51. The normalized spacial score (nSPS) is 21.5. The third kappa shape index (κ3) is 5.49. The molecule has 198 valence electrons. The number of benzene rings is 2. The molecule has 2 bridgehead atoms. The largest absolute Gasteiger partial charge is 0.493 e. The van der Waals surface area contributed by atoms with Crippen molar-refractivity contribution in [3.05, 3.63) is 64.5 Å². The monoisotopic (exact) mass is 511 g/mol. The van der Waals surface area contributed by atoms with Crippen LogP contribution in [-0.2, 0) is 17.6 Å². The van der Waals surface area contributed by atoms with E-state index < -0.39 is 23.7 Å². The van der Waals surface area contributed by atoms with Crippen LogP contribution in [0.1, 0.15) is 51.6 Å². The molecule has 2 aromatic rings. The average Bonchev–Trinajstić information content (AvgIpc) is 3.43. The Hall–Kier alpha value is -3.01. The second-order valence-electron chi connectivity index (χ2n) is 10.0. The number of carbonyl (C=O) groups is 2. The predicted octanol–water partition coefficient (Wildman–Crippen LogP) is 2.08. The number of ether oxygens (including phenoxy) is 2. The summed E-state index contributed by atoms with van der Waals surface area (Å²) in [6, 6.07) is 10.8. The molecular formula is C28H34FN3O5. The molecule has 2 heterocycles. The Kier molecular flexibility index (Phi) is 7.73. The van der Waals surface area contributed by atoms with Crippen LogP contribution < -0.4 is 15.4 Å². The van der Waals surface area contributed by atoms with E-state index >= 15 is 4.39 Å². The number of aliphatic hydroxyl groups is 1. The van der Waals surface area contributed by atoms with Crippen LogP contribution >= 0.6 is 0 Å². The van der Waals surface area contributed by atoms with Crippen molar-refractivity contribution < 1.29 is 28.6 Å². The molecule has 0 aromatic heterocycles. The van der Waals surface area contributed by atoms with Gasteiger partial charge in [0, 0.05) is 19.1 Å². The topological polar surface area (TPSA) is 100 Å². The van der Waals surface area contributed by atoms with Crippen molar-refractivity contribution in [1.29, 1.82) is 0 Å². The summed E-state index contributed by atoms with van der Waals surface area (Å²) in [5.41, 5.74) is 2.51. The highest BCUT2D eigenvalue weighted by Crippen LogP contribution is 2.32. The third-order valence-electron chi connectivity index (χ3n) is 7.51. The van der Waals surface area contributed by atoms with Crippen molar-refractivity contribution >= 4 is 11.8 Å². The Labute approximate surface area is 216 Å². The number of rotatable bonds is 9. The average molecular weight is 512 g/mol. The fourth-order valence-corrected chi connectivity index (χ4v) is 5.65. The van der Waals surface area contributed by atoms with Crippen molar-refractivity contribution in [1.82, 2.24) is 15.5 Å². The molecule has 2 fully saturated rings. The lowest BCUT2D eigenvalue weighted by Gasteiger charge is -2.34. The number of nitrogens with zero attached hydrogens (tertiary/aromatic N) is 1. The Morgan fingerprint density at radius 3 is 2.43 bits per heavy atom. The minimum Gasteiger partial charge on any atom is -0.493 e. The van der Waals surface area contributed by atoms with E-state index in [9.17, 15) is 14.7 Å². The lowest BCUT2D eigenvalue weighted by atomic mass is 10.1. The van der Waals surface area contributed by atoms with Crippen molar-refractivity contribution in [2.45, 2.75) is 56.8 Å². The second kappa shape index (κ2) is 11.2. The van der Waals surface area contributed by atoms with E-state index in [2.05, 4.69) is 22.8 Å². The van der Waals surface area contributed by atoms with Gasteiger partial charge in [-0.25, -0.2) is 4.39 Å². The molecule has 3 atom stereocenters. The summed E-state index contributed by atoms with van der Waals surface area (Å²) in [5.74, 6) is -1.61. The van der Waals surface area contributed by atoms with Gasteiger partial charge in [-0.15, -0.1) is 0 Å². The van der Waals surface area contributed by atoms with Gasteiger partial charge in [-0.3, -0.25) is 9.59 Å². The molecular weight excluding hydrogens is 477 g/mol. The second-order valence-corrected chi connectivity index (χ2v) is 10.0. The van der Waals surface area contributed by atoms with E-state index in [1.54, 1.807) is 11.8 Å². The maximum atomic E-state index is 15.1. The van der Waals surface area contributed by atoms with Gasteiger partial charge >= 0.3 is 0 Å². The highest BCUT2D eigenvalue weighted by atomic mass is 19.1. The zero-order valence-corrected chi connectivity index (χ0v) is 21.0. The zero-order chi connectivity index (χ0) is 25.9. The molecule has 2 saturated heterocycles. The summed E-state index contributed by atoms with van der Waals surface area (Å²) in [4.78, 5) is 27.8. The molecule has 2 aromatic carbocycles. The zero-order valence-electron chi connectivity index (χ0n) is 21.0. The first kappa shape index (κ1) is 25.6. The van der Waals surface area contributed by atoms with E-state index in [-0.39, 0.29) is 48.2 Å². The molecule has 2 unspecified atom stereocenters. The van der Waals surface area contributed by atoms with E-state index in [0.717, 1.165) is 31.7 Å².